The fourth-order valence-electron chi connectivity index (χ4n) is 3.73. The van der Waals surface area contributed by atoms with E-state index in [9.17, 15) is 4.79 Å². The van der Waals surface area contributed by atoms with E-state index in [0.29, 0.717) is 0 Å². The van der Waals surface area contributed by atoms with Crippen LogP contribution in [-0.4, -0.2) is 49.0 Å². The normalized spacial score (nSPS) is 12.7. The van der Waals surface area contributed by atoms with Crippen molar-refractivity contribution in [3.8, 4) is 0 Å². The molecule has 0 radical (unpaired) electrons. The average Bonchev–Trinajstić information content (AvgIpc) is 3.24. The molecule has 2 aromatic carbocycles. The first-order valence-corrected chi connectivity index (χ1v) is 15.1. The molecule has 3 N–H and O–H groups in total. The maximum Gasteiger partial charge on any atom is 0.267 e. The number of nitrogens with one attached hydrogen (secondary N) is 2. The van der Waals surface area contributed by atoms with Gasteiger partial charge < -0.3 is 9.41 Å². The molecule has 3 rings (SSSR count). The van der Waals surface area contributed by atoms with Gasteiger partial charge in [-0.2, -0.15) is 0 Å². The summed E-state index contributed by atoms with van der Waals surface area (Å²) in [6, 6.07) is 16.6. The number of carbonyl (C=O) groups is 1. The standard InChI is InChI=1S/C28H39N3O3Si/c1-28(2,3)35(4,5)34-19-18-31(17-16-24-20-29-26-9-7-6-8-25(24)26)21-23-12-10-22(11-13-23)14-15-27(32)30-33/h6-15,20,29,33H,16-19,21H2,1-5H3,(H,30,32). The van der Waals surface area contributed by atoms with Crippen LogP contribution < -0.4 is 5.48 Å². The molecule has 0 saturated carbocycles. The first kappa shape index (κ1) is 26.9. The number of nitrogens with zero attached hydrogens (tertiary/aromatic N) is 1. The van der Waals surface area contributed by atoms with Crippen molar-refractivity contribution in [1.82, 2.24) is 15.4 Å². The third kappa shape index (κ3) is 7.63. The molecular formula is C28H39N3O3Si. The van der Waals surface area contributed by atoms with Crippen LogP contribution in [0.25, 0.3) is 17.0 Å². The SMILES string of the molecule is CC(C)(C)[Si](C)(C)OCCN(CCc1c[nH]c2ccccc12)Cc1ccc(C=CC(=O)NO)cc1. The van der Waals surface area contributed by atoms with Crippen molar-refractivity contribution >= 4 is 31.2 Å². The summed E-state index contributed by atoms with van der Waals surface area (Å²) >= 11 is 0. The van der Waals surface area contributed by atoms with Gasteiger partial charge in [0.25, 0.3) is 5.91 Å². The van der Waals surface area contributed by atoms with Gasteiger partial charge in [0.2, 0.25) is 0 Å². The summed E-state index contributed by atoms with van der Waals surface area (Å²) in [7, 11) is -1.80. The molecule has 6 nitrogen and oxygen atoms in total. The topological polar surface area (TPSA) is 77.6 Å². The van der Waals surface area contributed by atoms with Gasteiger partial charge in [-0.1, -0.05) is 63.2 Å². The van der Waals surface area contributed by atoms with Crippen molar-refractivity contribution in [3.05, 3.63) is 77.5 Å². The van der Waals surface area contributed by atoms with Crippen molar-refractivity contribution in [2.75, 3.05) is 19.7 Å². The quantitative estimate of drug-likeness (QED) is 0.137. The molecule has 7 heteroatoms. The lowest BCUT2D eigenvalue weighted by Gasteiger charge is -2.37. The summed E-state index contributed by atoms with van der Waals surface area (Å²) in [5.41, 5.74) is 6.23. The van der Waals surface area contributed by atoms with Crippen LogP contribution in [0.4, 0.5) is 0 Å². The maximum atomic E-state index is 11.2. The molecule has 0 fully saturated rings. The summed E-state index contributed by atoms with van der Waals surface area (Å²) in [5.74, 6) is -0.542. The Morgan fingerprint density at radius 3 is 2.51 bits per heavy atom. The third-order valence-electron chi connectivity index (χ3n) is 6.97. The highest BCUT2D eigenvalue weighted by Crippen LogP contribution is 2.36. The first-order chi connectivity index (χ1) is 16.6. The van der Waals surface area contributed by atoms with E-state index >= 15 is 0 Å². The van der Waals surface area contributed by atoms with E-state index in [0.717, 1.165) is 38.2 Å². The lowest BCUT2D eigenvalue weighted by Crippen LogP contribution is -2.43. The molecular weight excluding hydrogens is 454 g/mol. The highest BCUT2D eigenvalue weighted by molar-refractivity contribution is 6.74. The van der Waals surface area contributed by atoms with Crippen LogP contribution in [0.15, 0.2) is 60.8 Å². The fourth-order valence-corrected chi connectivity index (χ4v) is 4.77. The molecule has 1 aromatic heterocycles. The number of aromatic amines is 1. The van der Waals surface area contributed by atoms with Gasteiger partial charge >= 0.3 is 0 Å². The summed E-state index contributed by atoms with van der Waals surface area (Å²) < 4.78 is 6.48. The van der Waals surface area contributed by atoms with Gasteiger partial charge in [-0.3, -0.25) is 14.9 Å². The van der Waals surface area contributed by atoms with Gasteiger partial charge in [0, 0.05) is 49.4 Å². The number of carbonyl (C=O) groups excluding carboxylic acids is 1. The minimum absolute atomic E-state index is 0.193. The zero-order chi connectivity index (χ0) is 25.5. The van der Waals surface area contributed by atoms with Crippen LogP contribution in [0.1, 0.15) is 37.5 Å². The lowest BCUT2D eigenvalue weighted by molar-refractivity contribution is -0.124. The molecule has 3 aromatic rings. The van der Waals surface area contributed by atoms with Crippen molar-refractivity contribution in [2.24, 2.45) is 0 Å². The van der Waals surface area contributed by atoms with Crippen LogP contribution >= 0.6 is 0 Å². The van der Waals surface area contributed by atoms with E-state index in [-0.39, 0.29) is 5.04 Å². The van der Waals surface area contributed by atoms with E-state index in [2.05, 4.69) is 86.3 Å². The van der Waals surface area contributed by atoms with E-state index < -0.39 is 14.2 Å². The van der Waals surface area contributed by atoms with Gasteiger partial charge in [-0.25, -0.2) is 5.48 Å². The van der Waals surface area contributed by atoms with Gasteiger partial charge in [0.05, 0.1) is 0 Å². The number of aromatic nitrogens is 1. The summed E-state index contributed by atoms with van der Waals surface area (Å²) in [4.78, 5) is 17.1. The number of hydrogen-bond acceptors (Lipinski definition) is 4. The molecule has 1 heterocycles. The smallest absolute Gasteiger partial charge is 0.267 e. The largest absolute Gasteiger partial charge is 0.416 e. The average molecular weight is 494 g/mol. The molecule has 1 amide bonds. The number of para-hydroxylation sites is 1. The van der Waals surface area contributed by atoms with E-state index in [1.807, 2.05) is 12.1 Å². The summed E-state index contributed by atoms with van der Waals surface area (Å²) in [6.45, 7) is 14.8. The van der Waals surface area contributed by atoms with E-state index in [1.54, 1.807) is 11.6 Å². The Balaban J connectivity index is 1.68. The second-order valence-corrected chi connectivity index (χ2v) is 15.4. The van der Waals surface area contributed by atoms with E-state index in [1.165, 1.54) is 28.1 Å². The van der Waals surface area contributed by atoms with Gasteiger partial charge in [0.1, 0.15) is 0 Å². The van der Waals surface area contributed by atoms with Crippen LogP contribution in [0.5, 0.6) is 0 Å². The molecule has 0 bridgehead atoms. The Bertz CT molecular complexity index is 1130. The van der Waals surface area contributed by atoms with Crippen molar-refractivity contribution in [3.63, 3.8) is 0 Å². The number of amides is 1. The Hall–Kier alpha value is -2.71. The highest BCUT2D eigenvalue weighted by Gasteiger charge is 2.37. The number of benzene rings is 2. The molecule has 0 spiro atoms. The predicted octanol–water partition coefficient (Wildman–Crippen LogP) is 5.75. The molecule has 0 aliphatic rings. The van der Waals surface area contributed by atoms with Crippen molar-refractivity contribution in [1.29, 1.82) is 0 Å². The fraction of sp³-hybridized carbons (Fsp3) is 0.393. The third-order valence-corrected chi connectivity index (χ3v) is 11.5. The Kier molecular flexibility index (Phi) is 9.07. The number of rotatable bonds is 11. The molecule has 0 aliphatic carbocycles. The number of hydroxylamine groups is 1. The minimum atomic E-state index is -1.80. The van der Waals surface area contributed by atoms with Crippen LogP contribution in [0.2, 0.25) is 18.1 Å². The van der Waals surface area contributed by atoms with Gasteiger partial charge in [-0.05, 0) is 53.4 Å². The predicted molar refractivity (Wildman–Crippen MR) is 146 cm³/mol. The van der Waals surface area contributed by atoms with Crippen LogP contribution in [0.3, 0.4) is 0 Å². The lowest BCUT2D eigenvalue weighted by atomic mass is 10.1. The van der Waals surface area contributed by atoms with Crippen molar-refractivity contribution in [2.45, 2.75) is 51.9 Å². The molecule has 0 atom stereocenters. The van der Waals surface area contributed by atoms with E-state index in [4.69, 9.17) is 9.63 Å². The van der Waals surface area contributed by atoms with Crippen LogP contribution in [-0.2, 0) is 22.2 Å². The molecule has 0 aliphatic heterocycles. The number of hydrogen-bond donors (Lipinski definition) is 3. The zero-order valence-corrected chi connectivity index (χ0v) is 22.6. The highest BCUT2D eigenvalue weighted by atomic mass is 28.4. The van der Waals surface area contributed by atoms with Gasteiger partial charge in [-0.15, -0.1) is 0 Å². The summed E-state index contributed by atoms with van der Waals surface area (Å²) in [5, 5.41) is 10.1. The second kappa shape index (κ2) is 11.8. The molecule has 35 heavy (non-hydrogen) atoms. The molecule has 0 unspecified atom stereocenters. The van der Waals surface area contributed by atoms with Crippen molar-refractivity contribution < 1.29 is 14.4 Å². The second-order valence-electron chi connectivity index (χ2n) is 10.5. The monoisotopic (exact) mass is 493 g/mol. The van der Waals surface area contributed by atoms with Gasteiger partial charge in [0.15, 0.2) is 8.32 Å². The first-order valence-electron chi connectivity index (χ1n) is 12.2. The molecule has 0 saturated heterocycles. The summed E-state index contributed by atoms with van der Waals surface area (Å²) in [6.07, 6.45) is 6.07. The number of fused-ring (bicyclic) bond motifs is 1. The Labute approximate surface area is 210 Å². The molecule has 188 valence electrons. The zero-order valence-electron chi connectivity index (χ0n) is 21.6. The minimum Gasteiger partial charge on any atom is -0.416 e. The maximum absolute atomic E-state index is 11.2. The Morgan fingerprint density at radius 1 is 1.11 bits per heavy atom. The van der Waals surface area contributed by atoms with Crippen LogP contribution in [0, 0.1) is 0 Å². The number of H-pyrrole nitrogens is 1. The Morgan fingerprint density at radius 2 is 1.83 bits per heavy atom.